The van der Waals surface area contributed by atoms with E-state index in [1.165, 1.54) is 7.05 Å². The van der Waals surface area contributed by atoms with Crippen LogP contribution >= 0.6 is 0 Å². The number of sulfonamides is 1. The van der Waals surface area contributed by atoms with Crippen LogP contribution in [0.4, 0.5) is 5.69 Å². The molecule has 0 aliphatic heterocycles. The zero-order valence-electron chi connectivity index (χ0n) is 10.4. The summed E-state index contributed by atoms with van der Waals surface area (Å²) in [7, 11) is -2.07. The lowest BCUT2D eigenvalue weighted by molar-refractivity contribution is 0.588. The van der Waals surface area contributed by atoms with Crippen LogP contribution < -0.4 is 10.0 Å². The van der Waals surface area contributed by atoms with Crippen molar-refractivity contribution in [2.24, 2.45) is 0 Å². The smallest absolute Gasteiger partial charge is 0.242 e. The molecule has 102 valence electrons. The number of aromatic nitrogens is 3. The molecule has 8 heteroatoms. The van der Waals surface area contributed by atoms with Crippen molar-refractivity contribution in [2.45, 2.75) is 11.4 Å². The molecule has 0 saturated carbocycles. The van der Waals surface area contributed by atoms with Gasteiger partial charge in [-0.3, -0.25) is 4.68 Å². The Hall–Kier alpha value is -1.93. The number of rotatable bonds is 6. The summed E-state index contributed by atoms with van der Waals surface area (Å²) in [6.45, 7) is 1.16. The predicted molar refractivity (Wildman–Crippen MR) is 71.2 cm³/mol. The zero-order valence-corrected chi connectivity index (χ0v) is 11.3. The first kappa shape index (κ1) is 13.5. The summed E-state index contributed by atoms with van der Waals surface area (Å²) in [5.74, 6) is 0. The molecule has 0 aliphatic rings. The van der Waals surface area contributed by atoms with Crippen molar-refractivity contribution in [3.05, 3.63) is 36.7 Å². The Morgan fingerprint density at radius 1 is 1.32 bits per heavy atom. The van der Waals surface area contributed by atoms with E-state index in [0.717, 1.165) is 0 Å². The molecule has 2 N–H and O–H groups in total. The van der Waals surface area contributed by atoms with E-state index in [0.29, 0.717) is 18.8 Å². The van der Waals surface area contributed by atoms with E-state index in [1.807, 2.05) is 0 Å². The van der Waals surface area contributed by atoms with Gasteiger partial charge in [0.05, 0.1) is 18.4 Å². The van der Waals surface area contributed by atoms with Crippen LogP contribution in [-0.4, -0.2) is 37.0 Å². The summed E-state index contributed by atoms with van der Waals surface area (Å²) in [6.07, 6.45) is 3.34. The lowest BCUT2D eigenvalue weighted by atomic mass is 10.3. The highest BCUT2D eigenvalue weighted by atomic mass is 32.2. The van der Waals surface area contributed by atoms with Crippen LogP contribution in [0.3, 0.4) is 0 Å². The molecule has 2 rings (SSSR count). The quantitative estimate of drug-likeness (QED) is 0.795. The maximum atomic E-state index is 11.8. The van der Waals surface area contributed by atoms with Crippen molar-refractivity contribution in [3.8, 4) is 0 Å². The van der Waals surface area contributed by atoms with Crippen LogP contribution in [0.15, 0.2) is 41.6 Å². The zero-order chi connectivity index (χ0) is 13.7. The van der Waals surface area contributed by atoms with Gasteiger partial charge in [0.2, 0.25) is 10.0 Å². The summed E-state index contributed by atoms with van der Waals surface area (Å²) < 4.78 is 27.6. The monoisotopic (exact) mass is 281 g/mol. The van der Waals surface area contributed by atoms with E-state index in [9.17, 15) is 8.42 Å². The van der Waals surface area contributed by atoms with Crippen molar-refractivity contribution in [1.29, 1.82) is 0 Å². The molecule has 0 fully saturated rings. The Labute approximate surface area is 111 Å². The van der Waals surface area contributed by atoms with Gasteiger partial charge in [-0.2, -0.15) is 0 Å². The standard InChI is InChI=1S/C11H15N5O2S/c1-12-19(17,18)11-5-3-2-4-10(11)13-6-8-16-9-7-14-15-16/h2-5,7,9,12-13H,6,8H2,1H3. The highest BCUT2D eigenvalue weighted by molar-refractivity contribution is 7.89. The fourth-order valence-electron chi connectivity index (χ4n) is 1.61. The second kappa shape index (κ2) is 5.81. The third-order valence-electron chi connectivity index (χ3n) is 2.57. The van der Waals surface area contributed by atoms with Crippen molar-refractivity contribution in [3.63, 3.8) is 0 Å². The number of anilines is 1. The van der Waals surface area contributed by atoms with E-state index < -0.39 is 10.0 Å². The van der Waals surface area contributed by atoms with Crippen molar-refractivity contribution in [2.75, 3.05) is 18.9 Å². The van der Waals surface area contributed by atoms with Crippen LogP contribution in [0, 0.1) is 0 Å². The van der Waals surface area contributed by atoms with Gasteiger partial charge in [-0.25, -0.2) is 13.1 Å². The second-order valence-electron chi connectivity index (χ2n) is 3.80. The fourth-order valence-corrected chi connectivity index (χ4v) is 2.52. The maximum absolute atomic E-state index is 11.8. The average molecular weight is 281 g/mol. The lowest BCUT2D eigenvalue weighted by Crippen LogP contribution is -2.21. The number of benzene rings is 1. The van der Waals surface area contributed by atoms with E-state index in [1.54, 1.807) is 41.3 Å². The average Bonchev–Trinajstić information content (AvgIpc) is 2.92. The first-order valence-electron chi connectivity index (χ1n) is 5.74. The van der Waals surface area contributed by atoms with E-state index in [4.69, 9.17) is 0 Å². The molecular weight excluding hydrogens is 266 g/mol. The molecule has 1 heterocycles. The molecule has 19 heavy (non-hydrogen) atoms. The molecule has 0 radical (unpaired) electrons. The van der Waals surface area contributed by atoms with E-state index in [2.05, 4.69) is 20.4 Å². The maximum Gasteiger partial charge on any atom is 0.242 e. The number of nitrogens with one attached hydrogen (secondary N) is 2. The first-order chi connectivity index (χ1) is 9.13. The number of nitrogens with zero attached hydrogens (tertiary/aromatic N) is 3. The van der Waals surface area contributed by atoms with Gasteiger partial charge in [0.25, 0.3) is 0 Å². The van der Waals surface area contributed by atoms with Crippen LogP contribution in [0.1, 0.15) is 0 Å². The van der Waals surface area contributed by atoms with Crippen molar-refractivity contribution in [1.82, 2.24) is 19.7 Å². The fraction of sp³-hybridized carbons (Fsp3) is 0.273. The highest BCUT2D eigenvalue weighted by Gasteiger charge is 2.15. The molecule has 1 aromatic heterocycles. The van der Waals surface area contributed by atoms with Gasteiger partial charge in [-0.05, 0) is 19.2 Å². The summed E-state index contributed by atoms with van der Waals surface area (Å²) in [6, 6.07) is 6.76. The van der Waals surface area contributed by atoms with Gasteiger partial charge in [0.15, 0.2) is 0 Å². The van der Waals surface area contributed by atoms with Gasteiger partial charge >= 0.3 is 0 Å². The molecule has 0 aliphatic carbocycles. The normalized spacial score (nSPS) is 11.4. The molecule has 0 bridgehead atoms. The third kappa shape index (κ3) is 3.30. The third-order valence-corrected chi connectivity index (χ3v) is 4.05. The Bertz CT molecular complexity index is 624. The second-order valence-corrected chi connectivity index (χ2v) is 5.65. The SMILES string of the molecule is CNS(=O)(=O)c1ccccc1NCCn1ccnn1. The molecule has 0 amide bonds. The minimum absolute atomic E-state index is 0.232. The van der Waals surface area contributed by atoms with E-state index >= 15 is 0 Å². The van der Waals surface area contributed by atoms with E-state index in [-0.39, 0.29) is 4.90 Å². The van der Waals surface area contributed by atoms with Gasteiger partial charge in [0, 0.05) is 12.7 Å². The molecule has 0 atom stereocenters. The summed E-state index contributed by atoms with van der Waals surface area (Å²) in [5, 5.41) is 10.6. The molecule has 2 aromatic rings. The minimum Gasteiger partial charge on any atom is -0.382 e. The van der Waals surface area contributed by atoms with Crippen LogP contribution in [0.5, 0.6) is 0 Å². The summed E-state index contributed by atoms with van der Waals surface area (Å²) in [4.78, 5) is 0.232. The first-order valence-corrected chi connectivity index (χ1v) is 7.22. The molecule has 1 aromatic carbocycles. The van der Waals surface area contributed by atoms with Crippen LogP contribution in [0.2, 0.25) is 0 Å². The number of hydrogen-bond acceptors (Lipinski definition) is 5. The van der Waals surface area contributed by atoms with Gasteiger partial charge in [-0.1, -0.05) is 17.3 Å². The molecule has 0 saturated heterocycles. The van der Waals surface area contributed by atoms with Crippen LogP contribution in [0.25, 0.3) is 0 Å². The number of para-hydroxylation sites is 1. The molecule has 7 nitrogen and oxygen atoms in total. The Balaban J connectivity index is 2.08. The molecular formula is C11H15N5O2S. The Kier molecular flexibility index (Phi) is 4.13. The van der Waals surface area contributed by atoms with Crippen molar-refractivity contribution >= 4 is 15.7 Å². The predicted octanol–water partition coefficient (Wildman–Crippen LogP) is 0.298. The highest BCUT2D eigenvalue weighted by Crippen LogP contribution is 2.19. The van der Waals surface area contributed by atoms with Gasteiger partial charge in [0.1, 0.15) is 4.90 Å². The molecule has 0 unspecified atom stereocenters. The van der Waals surface area contributed by atoms with Gasteiger partial charge in [-0.15, -0.1) is 5.10 Å². The Morgan fingerprint density at radius 2 is 2.11 bits per heavy atom. The minimum atomic E-state index is -3.46. The topological polar surface area (TPSA) is 88.9 Å². The summed E-state index contributed by atoms with van der Waals surface area (Å²) >= 11 is 0. The van der Waals surface area contributed by atoms with Crippen LogP contribution in [-0.2, 0) is 16.6 Å². The lowest BCUT2D eigenvalue weighted by Gasteiger charge is -2.11. The Morgan fingerprint density at radius 3 is 2.79 bits per heavy atom. The van der Waals surface area contributed by atoms with Gasteiger partial charge < -0.3 is 5.32 Å². The largest absolute Gasteiger partial charge is 0.382 e. The van der Waals surface area contributed by atoms with Crippen molar-refractivity contribution < 1.29 is 8.42 Å². The molecule has 0 spiro atoms. The number of hydrogen-bond donors (Lipinski definition) is 2. The summed E-state index contributed by atoms with van der Waals surface area (Å²) in [5.41, 5.74) is 0.567.